The molecule has 0 amide bonds. The Kier molecular flexibility index (Phi) is 4.33. The Hall–Kier alpha value is -3.06. The minimum Gasteiger partial charge on any atom is -0.507 e. The average molecular weight is 342 g/mol. The molecule has 2 aromatic rings. The minimum atomic E-state index is -0.557. The van der Waals surface area contributed by atoms with Gasteiger partial charge in [-0.1, -0.05) is 0 Å². The molecule has 0 bridgehead atoms. The van der Waals surface area contributed by atoms with E-state index in [2.05, 4.69) is 10.6 Å². The molecule has 1 aliphatic rings. The highest BCUT2D eigenvalue weighted by Crippen LogP contribution is 2.42. The van der Waals surface area contributed by atoms with Crippen LogP contribution in [0.4, 0.5) is 11.4 Å². The van der Waals surface area contributed by atoms with E-state index in [4.69, 9.17) is 5.11 Å². The predicted octanol–water partition coefficient (Wildman–Crippen LogP) is 1.71. The highest BCUT2D eigenvalue weighted by atomic mass is 16.3. The summed E-state index contributed by atoms with van der Waals surface area (Å²) in [6, 6.07) is 5.67. The Morgan fingerprint density at radius 2 is 1.28 bits per heavy atom. The monoisotopic (exact) mass is 342 g/mol. The van der Waals surface area contributed by atoms with Crippen molar-refractivity contribution < 1.29 is 24.9 Å². The summed E-state index contributed by atoms with van der Waals surface area (Å²) in [7, 11) is 0. The third-order valence-corrected chi connectivity index (χ3v) is 4.07. The third kappa shape index (κ3) is 2.58. The number of ketones is 2. The summed E-state index contributed by atoms with van der Waals surface area (Å²) in [5, 5.41) is 35.1. The molecule has 0 aromatic heterocycles. The van der Waals surface area contributed by atoms with Gasteiger partial charge >= 0.3 is 0 Å². The molecule has 130 valence electrons. The fraction of sp³-hybridized carbons (Fsp3) is 0.222. The Balaban J connectivity index is 2.30. The van der Waals surface area contributed by atoms with Crippen LogP contribution in [0, 0.1) is 0 Å². The molecule has 7 heteroatoms. The number of carbonyl (C=O) groups excluding carboxylic acids is 2. The molecule has 0 saturated heterocycles. The molecule has 0 saturated carbocycles. The molecule has 0 spiro atoms. The maximum atomic E-state index is 13.0. The number of phenolic OH excluding ortho intramolecular Hbond substituents is 2. The van der Waals surface area contributed by atoms with E-state index in [1.54, 1.807) is 12.1 Å². The first-order valence-corrected chi connectivity index (χ1v) is 7.91. The van der Waals surface area contributed by atoms with E-state index >= 15 is 0 Å². The second-order valence-electron chi connectivity index (χ2n) is 5.60. The van der Waals surface area contributed by atoms with Crippen LogP contribution >= 0.6 is 0 Å². The highest BCUT2D eigenvalue weighted by Gasteiger charge is 2.37. The summed E-state index contributed by atoms with van der Waals surface area (Å²) in [6.45, 7) is 2.45. The van der Waals surface area contributed by atoms with Gasteiger partial charge in [-0.15, -0.1) is 0 Å². The SMILES string of the molecule is CCNc1ccc(NCCO)c2c1C(=O)c1c(O)ccc(O)c1C2=O. The van der Waals surface area contributed by atoms with Crippen molar-refractivity contribution in [3.63, 3.8) is 0 Å². The van der Waals surface area contributed by atoms with Crippen molar-refractivity contribution in [3.8, 4) is 11.5 Å². The quantitative estimate of drug-likeness (QED) is 0.448. The van der Waals surface area contributed by atoms with Crippen molar-refractivity contribution >= 4 is 22.9 Å². The average Bonchev–Trinajstić information content (AvgIpc) is 2.60. The standard InChI is InChI=1S/C18H18N2O5/c1-2-19-9-3-4-10(20-7-8-21)14-13(9)17(24)15-11(22)5-6-12(23)16(15)18(14)25/h3-6,19-23H,2,7-8H2,1H3. The number of aromatic hydroxyl groups is 2. The van der Waals surface area contributed by atoms with Crippen molar-refractivity contribution in [3.05, 3.63) is 46.5 Å². The largest absolute Gasteiger partial charge is 0.507 e. The number of fused-ring (bicyclic) bond motifs is 2. The second kappa shape index (κ2) is 6.45. The summed E-state index contributed by atoms with van der Waals surface area (Å²) >= 11 is 0. The van der Waals surface area contributed by atoms with E-state index in [0.717, 1.165) is 0 Å². The van der Waals surface area contributed by atoms with Gasteiger partial charge < -0.3 is 26.0 Å². The smallest absolute Gasteiger partial charge is 0.200 e. The van der Waals surface area contributed by atoms with Gasteiger partial charge in [0.15, 0.2) is 0 Å². The lowest BCUT2D eigenvalue weighted by Crippen LogP contribution is -2.25. The fourth-order valence-corrected chi connectivity index (χ4v) is 3.04. The van der Waals surface area contributed by atoms with Crippen LogP contribution in [-0.4, -0.2) is 46.6 Å². The molecule has 1 aliphatic carbocycles. The Morgan fingerprint density at radius 1 is 0.800 bits per heavy atom. The predicted molar refractivity (Wildman–Crippen MR) is 92.8 cm³/mol. The van der Waals surface area contributed by atoms with Crippen LogP contribution in [0.5, 0.6) is 11.5 Å². The van der Waals surface area contributed by atoms with Gasteiger partial charge in [0.1, 0.15) is 11.5 Å². The number of hydrogen-bond acceptors (Lipinski definition) is 7. The minimum absolute atomic E-state index is 0.116. The summed E-state index contributed by atoms with van der Waals surface area (Å²) < 4.78 is 0. The van der Waals surface area contributed by atoms with Crippen LogP contribution in [-0.2, 0) is 0 Å². The topological polar surface area (TPSA) is 119 Å². The van der Waals surface area contributed by atoms with Crippen LogP contribution in [0.1, 0.15) is 38.8 Å². The first kappa shape index (κ1) is 16.8. The van der Waals surface area contributed by atoms with Crippen molar-refractivity contribution in [2.45, 2.75) is 6.92 Å². The summed E-state index contributed by atoms with van der Waals surface area (Å²) in [6.07, 6.45) is 0. The van der Waals surface area contributed by atoms with E-state index in [1.807, 2.05) is 6.92 Å². The number of aliphatic hydroxyl groups excluding tert-OH is 1. The zero-order valence-corrected chi connectivity index (χ0v) is 13.6. The molecule has 0 unspecified atom stereocenters. The number of anilines is 2. The lowest BCUT2D eigenvalue weighted by molar-refractivity contribution is 0.0975. The van der Waals surface area contributed by atoms with Gasteiger partial charge in [0.2, 0.25) is 11.6 Å². The Bertz CT molecular complexity index is 876. The lowest BCUT2D eigenvalue weighted by atomic mass is 9.81. The summed E-state index contributed by atoms with van der Waals surface area (Å²) in [4.78, 5) is 26.0. The maximum absolute atomic E-state index is 13.0. The van der Waals surface area contributed by atoms with Gasteiger partial charge in [-0.25, -0.2) is 0 Å². The fourth-order valence-electron chi connectivity index (χ4n) is 3.04. The van der Waals surface area contributed by atoms with Gasteiger partial charge in [-0.2, -0.15) is 0 Å². The molecule has 0 aliphatic heterocycles. The Labute approximate surface area is 143 Å². The molecule has 7 nitrogen and oxygen atoms in total. The van der Waals surface area contributed by atoms with E-state index in [1.165, 1.54) is 12.1 Å². The van der Waals surface area contributed by atoms with Gasteiger partial charge in [-0.05, 0) is 31.2 Å². The lowest BCUT2D eigenvalue weighted by Gasteiger charge is -2.24. The molecular formula is C18H18N2O5. The number of benzene rings is 2. The molecule has 3 rings (SSSR count). The van der Waals surface area contributed by atoms with Crippen molar-refractivity contribution in [2.24, 2.45) is 0 Å². The van der Waals surface area contributed by atoms with Crippen LogP contribution < -0.4 is 10.6 Å². The van der Waals surface area contributed by atoms with Crippen molar-refractivity contribution in [2.75, 3.05) is 30.3 Å². The van der Waals surface area contributed by atoms with Gasteiger partial charge in [0.05, 0.1) is 28.9 Å². The Morgan fingerprint density at radius 3 is 1.72 bits per heavy atom. The van der Waals surface area contributed by atoms with E-state index in [0.29, 0.717) is 17.9 Å². The van der Waals surface area contributed by atoms with Crippen LogP contribution in [0.15, 0.2) is 24.3 Å². The van der Waals surface area contributed by atoms with Crippen molar-refractivity contribution in [1.82, 2.24) is 0 Å². The molecule has 5 N–H and O–H groups in total. The van der Waals surface area contributed by atoms with Crippen LogP contribution in [0.3, 0.4) is 0 Å². The third-order valence-electron chi connectivity index (χ3n) is 4.07. The van der Waals surface area contributed by atoms with Gasteiger partial charge in [-0.3, -0.25) is 9.59 Å². The van der Waals surface area contributed by atoms with Crippen molar-refractivity contribution in [1.29, 1.82) is 0 Å². The zero-order chi connectivity index (χ0) is 18.1. The second-order valence-corrected chi connectivity index (χ2v) is 5.60. The van der Waals surface area contributed by atoms with E-state index < -0.39 is 11.6 Å². The van der Waals surface area contributed by atoms with E-state index in [9.17, 15) is 19.8 Å². The molecule has 0 heterocycles. The number of rotatable bonds is 5. The number of aliphatic hydroxyl groups is 1. The number of phenols is 2. The molecule has 2 aromatic carbocycles. The number of carbonyl (C=O) groups is 2. The molecule has 0 atom stereocenters. The van der Waals surface area contributed by atoms with Gasteiger partial charge in [0.25, 0.3) is 0 Å². The zero-order valence-electron chi connectivity index (χ0n) is 13.6. The normalized spacial score (nSPS) is 12.6. The van der Waals surface area contributed by atoms with E-state index in [-0.39, 0.29) is 46.9 Å². The number of nitrogens with one attached hydrogen (secondary N) is 2. The molecule has 0 radical (unpaired) electrons. The molecule has 0 fully saturated rings. The number of hydrogen-bond donors (Lipinski definition) is 5. The summed E-state index contributed by atoms with van der Waals surface area (Å²) in [5.74, 6) is -1.81. The summed E-state index contributed by atoms with van der Waals surface area (Å²) in [5.41, 5.74) is 0.707. The van der Waals surface area contributed by atoms with Crippen LogP contribution in [0.25, 0.3) is 0 Å². The molecule has 25 heavy (non-hydrogen) atoms. The molecular weight excluding hydrogens is 324 g/mol. The highest BCUT2D eigenvalue weighted by molar-refractivity contribution is 6.33. The van der Waals surface area contributed by atoms with Crippen LogP contribution in [0.2, 0.25) is 0 Å². The first-order valence-electron chi connectivity index (χ1n) is 7.91. The van der Waals surface area contributed by atoms with Gasteiger partial charge in [0, 0.05) is 24.5 Å². The maximum Gasteiger partial charge on any atom is 0.200 e. The first-order chi connectivity index (χ1) is 12.0.